The van der Waals surface area contributed by atoms with Gasteiger partial charge in [-0.3, -0.25) is 29.3 Å². The predicted molar refractivity (Wildman–Crippen MR) is 379 cm³/mol. The number of halogens is 6. The summed E-state index contributed by atoms with van der Waals surface area (Å²) in [6.07, 6.45) is 16.2. The normalized spacial score (nSPS) is 22.1. The van der Waals surface area contributed by atoms with E-state index in [1.165, 1.54) is 16.7 Å². The van der Waals surface area contributed by atoms with Crippen molar-refractivity contribution in [2.24, 2.45) is 17.8 Å². The second-order valence-electron chi connectivity index (χ2n) is 25.6. The molecule has 3 aliphatic heterocycles. The van der Waals surface area contributed by atoms with E-state index in [1.54, 1.807) is 0 Å². The number of aromatic nitrogens is 3. The summed E-state index contributed by atoms with van der Waals surface area (Å²) in [5.74, 6) is 2.40. The van der Waals surface area contributed by atoms with E-state index in [0.717, 1.165) is 107 Å². The third-order valence-corrected chi connectivity index (χ3v) is 20.9. The van der Waals surface area contributed by atoms with Gasteiger partial charge in [0, 0.05) is 85.7 Å². The Morgan fingerprint density at radius 2 is 0.564 bits per heavy atom. The second-order valence-corrected chi connectivity index (χ2v) is 28.2. The van der Waals surface area contributed by atoms with E-state index in [1.807, 2.05) is 146 Å². The molecule has 94 heavy (non-hydrogen) atoms. The highest BCUT2D eigenvalue weighted by Gasteiger charge is 2.50. The minimum atomic E-state index is -0.0930. The van der Waals surface area contributed by atoms with Gasteiger partial charge in [-0.05, 0) is 218 Å². The zero-order valence-electron chi connectivity index (χ0n) is 51.4. The van der Waals surface area contributed by atoms with Crippen LogP contribution in [0.2, 0.25) is 30.1 Å². The molecule has 3 saturated carbocycles. The van der Waals surface area contributed by atoms with Crippen molar-refractivity contribution in [3.8, 4) is 0 Å². The molecule has 0 unspecified atom stereocenters. The Hall–Kier alpha value is -7.08. The van der Waals surface area contributed by atoms with Crippen LogP contribution in [0.15, 0.2) is 219 Å². The van der Waals surface area contributed by atoms with Crippen molar-refractivity contribution in [1.29, 1.82) is 0 Å². The van der Waals surface area contributed by atoms with Crippen LogP contribution in [0.25, 0.3) is 0 Å². The lowest BCUT2D eigenvalue weighted by Crippen LogP contribution is -2.45. The van der Waals surface area contributed by atoms with E-state index in [-0.39, 0.29) is 79.2 Å². The van der Waals surface area contributed by atoms with Crippen LogP contribution >= 0.6 is 69.6 Å². The van der Waals surface area contributed by atoms with Crippen LogP contribution in [0.4, 0.5) is 0 Å². The average molecular weight is 1370 g/mol. The molecule has 482 valence electrons. The van der Waals surface area contributed by atoms with Crippen molar-refractivity contribution in [2.45, 2.75) is 138 Å². The molecule has 6 fully saturated rings. The zero-order chi connectivity index (χ0) is 64.1. The molecule has 6 heterocycles. The Balaban J connectivity index is 0.000000135. The molecule has 9 atom stereocenters. The van der Waals surface area contributed by atoms with Crippen LogP contribution in [0.5, 0.6) is 0 Å². The summed E-state index contributed by atoms with van der Waals surface area (Å²) in [7, 11) is 0. The number of benzene rings is 6. The van der Waals surface area contributed by atoms with Crippen LogP contribution < -0.4 is 0 Å². The molecule has 15 heteroatoms. The number of nitrogens with zero attached hydrogens (tertiary/aromatic N) is 6. The van der Waals surface area contributed by atoms with Gasteiger partial charge in [0.25, 0.3) is 0 Å². The summed E-state index contributed by atoms with van der Waals surface area (Å²) in [5, 5.41) is 4.25. The Morgan fingerprint density at radius 3 is 0.787 bits per heavy atom. The van der Waals surface area contributed by atoms with Gasteiger partial charge < -0.3 is 14.7 Å². The van der Waals surface area contributed by atoms with E-state index in [2.05, 4.69) is 102 Å². The van der Waals surface area contributed by atoms with E-state index >= 15 is 0 Å². The monoisotopic (exact) mass is 1370 g/mol. The molecule has 6 aliphatic rings. The molecule has 3 aromatic heterocycles. The molecular formula is C79H76Cl6N6O3. The molecule has 3 aliphatic carbocycles. The summed E-state index contributed by atoms with van der Waals surface area (Å²) in [6.45, 7) is 0. The van der Waals surface area contributed by atoms with Crippen molar-refractivity contribution in [3.05, 3.63) is 299 Å². The van der Waals surface area contributed by atoms with Gasteiger partial charge in [-0.15, -0.1) is 0 Å². The first kappa shape index (κ1) is 66.9. The van der Waals surface area contributed by atoms with Crippen LogP contribution in [-0.2, 0) is 14.4 Å². The maximum atomic E-state index is 13.5. The zero-order valence-corrected chi connectivity index (χ0v) is 55.9. The first-order chi connectivity index (χ1) is 45.3. The summed E-state index contributed by atoms with van der Waals surface area (Å²) < 4.78 is 0. The number of rotatable bonds is 15. The van der Waals surface area contributed by atoms with Crippen LogP contribution in [0.3, 0.4) is 0 Å². The topological polar surface area (TPSA) is 99.6 Å². The highest BCUT2D eigenvalue weighted by atomic mass is 35.5. The molecular weight excluding hydrogens is 1290 g/mol. The maximum Gasteiger partial charge on any atom is 0.223 e. The molecule has 0 N–H and O–H groups in total. The number of amides is 3. The number of hydrogen-bond donors (Lipinski definition) is 0. The first-order valence-corrected chi connectivity index (χ1v) is 34.8. The van der Waals surface area contributed by atoms with Crippen molar-refractivity contribution in [1.82, 2.24) is 29.7 Å². The Morgan fingerprint density at radius 1 is 0.298 bits per heavy atom. The van der Waals surface area contributed by atoms with E-state index in [4.69, 9.17) is 69.6 Å². The summed E-state index contributed by atoms with van der Waals surface area (Å²) in [4.78, 5) is 60.8. The number of carbonyl (C=O) groups excluding carboxylic acids is 3. The largest absolute Gasteiger partial charge is 0.326 e. The van der Waals surface area contributed by atoms with Gasteiger partial charge >= 0.3 is 0 Å². The lowest BCUT2D eigenvalue weighted by Gasteiger charge is -2.46. The highest BCUT2D eigenvalue weighted by Crippen LogP contribution is 2.56. The van der Waals surface area contributed by atoms with Gasteiger partial charge in [-0.1, -0.05) is 168 Å². The summed E-state index contributed by atoms with van der Waals surface area (Å²) >= 11 is 37.7. The molecule has 9 aromatic rings. The summed E-state index contributed by atoms with van der Waals surface area (Å²) in [6, 6.07) is 65.6. The lowest BCUT2D eigenvalue weighted by molar-refractivity contribution is -0.142. The fourth-order valence-electron chi connectivity index (χ4n) is 14.9. The quantitative estimate of drug-likeness (QED) is 0.101. The van der Waals surface area contributed by atoms with Gasteiger partial charge in [0.15, 0.2) is 0 Å². The van der Waals surface area contributed by atoms with Gasteiger partial charge in [-0.2, -0.15) is 0 Å². The molecule has 0 spiro atoms. The maximum absolute atomic E-state index is 13.5. The van der Waals surface area contributed by atoms with Gasteiger partial charge in [0.2, 0.25) is 17.7 Å². The average Bonchev–Trinajstić information content (AvgIpc) is 1.64. The SMILES string of the molecule is C.O=C1CC[C@H](c2cccc(Cl)c2)[C@@H](c2ccc(Cl)cc2)N1[C@@H](c1ccccn1)C1CC1.O=C1CC[C@H](c2cccc(Cl)c2)[C@@H](c2ccc(Cl)cc2)N1[C@H](c1ccccn1)C1CC1.O=C1CC[C@H](c2cccc(Cl)c2)[C@@H](c2ccc(Cl)cc2)N1[C@H](c1ccccn1)C1CC1. The smallest absolute Gasteiger partial charge is 0.223 e. The Kier molecular flexibility index (Phi) is 21.6. The van der Waals surface area contributed by atoms with Crippen molar-refractivity contribution >= 4 is 87.3 Å². The number of carbonyl (C=O) groups is 3. The number of piperidine rings is 3. The molecule has 15 rings (SSSR count). The van der Waals surface area contributed by atoms with Crippen LogP contribution in [0, 0.1) is 17.8 Å². The molecule has 6 aromatic carbocycles. The minimum Gasteiger partial charge on any atom is -0.326 e. The van der Waals surface area contributed by atoms with Gasteiger partial charge in [0.1, 0.15) is 0 Å². The molecule has 0 bridgehead atoms. The standard InChI is InChI=1S/3C26H24Cl2N2O.CH4/c3*27-20-11-9-17(10-12-20)25-22(19-4-3-5-21(28)16-19)13-14-24(31)30(25)26(18-7-8-18)23-6-1-2-15-29-23;/h3*1-6,9-12,15-16,18,22,25-26H,7-8,13-14H2;1H4/t2*22-,25-,26+;22-,25-,26-;/m111./s1. The molecule has 9 nitrogen and oxygen atoms in total. The fourth-order valence-corrected chi connectivity index (χ4v) is 15.8. The van der Waals surface area contributed by atoms with Crippen molar-refractivity contribution in [2.75, 3.05) is 0 Å². The Bertz CT molecular complexity index is 3610. The number of likely N-dealkylation sites (tertiary alicyclic amines) is 3. The van der Waals surface area contributed by atoms with Gasteiger partial charge in [-0.25, -0.2) is 0 Å². The van der Waals surface area contributed by atoms with Crippen LogP contribution in [0.1, 0.15) is 189 Å². The third kappa shape index (κ3) is 15.4. The van der Waals surface area contributed by atoms with E-state index in [0.29, 0.717) is 52.1 Å². The fraction of sp³-hybridized carbons (Fsp3) is 0.316. The van der Waals surface area contributed by atoms with Gasteiger partial charge in [0.05, 0.1) is 53.3 Å². The highest BCUT2D eigenvalue weighted by molar-refractivity contribution is 6.32. The third-order valence-electron chi connectivity index (χ3n) is 19.5. The van der Waals surface area contributed by atoms with Crippen LogP contribution in [-0.4, -0.2) is 47.4 Å². The van der Waals surface area contributed by atoms with Crippen molar-refractivity contribution < 1.29 is 14.4 Å². The van der Waals surface area contributed by atoms with E-state index in [9.17, 15) is 14.4 Å². The van der Waals surface area contributed by atoms with Crippen molar-refractivity contribution in [3.63, 3.8) is 0 Å². The molecule has 3 saturated heterocycles. The number of pyridine rings is 3. The molecule has 0 radical (unpaired) electrons. The lowest BCUT2D eigenvalue weighted by atomic mass is 9.78. The minimum absolute atomic E-state index is 0. The summed E-state index contributed by atoms with van der Waals surface area (Å²) in [5.41, 5.74) is 9.73. The predicted octanol–water partition coefficient (Wildman–Crippen LogP) is 21.6. The Labute approximate surface area is 582 Å². The molecule has 3 amide bonds. The van der Waals surface area contributed by atoms with E-state index < -0.39 is 0 Å². The second kappa shape index (κ2) is 30.3. The number of hydrogen-bond acceptors (Lipinski definition) is 6. The first-order valence-electron chi connectivity index (χ1n) is 32.5.